The van der Waals surface area contributed by atoms with Gasteiger partial charge in [-0.05, 0) is 68.8 Å². The number of piperidine rings is 1. The van der Waals surface area contributed by atoms with Gasteiger partial charge in [-0.1, -0.05) is 24.6 Å². The van der Waals surface area contributed by atoms with Crippen LogP contribution < -0.4 is 5.56 Å². The van der Waals surface area contributed by atoms with E-state index in [1.807, 2.05) is 24.3 Å². The zero-order valence-electron chi connectivity index (χ0n) is 17.1. The molecule has 1 saturated heterocycles. The highest BCUT2D eigenvalue weighted by Crippen LogP contribution is 2.34. The van der Waals surface area contributed by atoms with Crippen LogP contribution >= 0.6 is 0 Å². The smallest absolute Gasteiger partial charge is 0.260 e. The van der Waals surface area contributed by atoms with Gasteiger partial charge in [-0.15, -0.1) is 0 Å². The van der Waals surface area contributed by atoms with E-state index in [0.717, 1.165) is 38.0 Å². The molecule has 3 heterocycles. The van der Waals surface area contributed by atoms with E-state index in [1.165, 1.54) is 12.1 Å². The number of rotatable bonds is 5. The summed E-state index contributed by atoms with van der Waals surface area (Å²) < 4.78 is 15.7. The molecule has 156 valence electrons. The molecule has 4 rings (SSSR count). The molecule has 1 N–H and O–H groups in total. The number of likely N-dealkylation sites (tertiary alicyclic amines) is 1. The summed E-state index contributed by atoms with van der Waals surface area (Å²) in [6, 6.07) is 13.0. The molecule has 5 nitrogen and oxygen atoms in total. The van der Waals surface area contributed by atoms with Gasteiger partial charge in [0.15, 0.2) is 0 Å². The number of aromatic nitrogens is 2. The second-order valence-electron chi connectivity index (χ2n) is 7.85. The van der Waals surface area contributed by atoms with Crippen LogP contribution in [0.25, 0.3) is 0 Å². The SMILES string of the molecule is Cc1cc(O)c([C@@H](c2cccc(F)c2)N2CCCCC2)c(=O)n1Cc1ccccn1. The maximum Gasteiger partial charge on any atom is 0.260 e. The fourth-order valence-corrected chi connectivity index (χ4v) is 4.29. The van der Waals surface area contributed by atoms with Gasteiger partial charge in [0.25, 0.3) is 5.56 Å². The Balaban J connectivity index is 1.85. The molecule has 1 aliphatic rings. The molecule has 0 unspecified atom stereocenters. The summed E-state index contributed by atoms with van der Waals surface area (Å²) in [6.45, 7) is 3.71. The van der Waals surface area contributed by atoms with Crippen molar-refractivity contribution < 1.29 is 9.50 Å². The molecule has 0 aliphatic carbocycles. The fraction of sp³-hybridized carbons (Fsp3) is 0.333. The van der Waals surface area contributed by atoms with Crippen LogP contribution in [-0.2, 0) is 6.54 Å². The van der Waals surface area contributed by atoms with Gasteiger partial charge in [-0.2, -0.15) is 0 Å². The van der Waals surface area contributed by atoms with Crippen molar-refractivity contribution in [2.24, 2.45) is 0 Å². The molecule has 1 atom stereocenters. The van der Waals surface area contributed by atoms with Crippen LogP contribution in [0.1, 0.15) is 47.8 Å². The average molecular weight is 407 g/mol. The standard InChI is InChI=1S/C24H26FN3O2/c1-17-14-21(29)22(24(30)28(17)16-20-10-3-4-11-26-20)23(27-12-5-2-6-13-27)18-8-7-9-19(25)15-18/h3-4,7-11,14-15,23,29H,2,5-6,12-13,16H2,1H3/t23-/m1/s1. The lowest BCUT2D eigenvalue weighted by Gasteiger charge is -2.35. The van der Waals surface area contributed by atoms with E-state index in [0.29, 0.717) is 23.4 Å². The van der Waals surface area contributed by atoms with Gasteiger partial charge in [0.05, 0.1) is 23.8 Å². The highest BCUT2D eigenvalue weighted by atomic mass is 19.1. The zero-order valence-corrected chi connectivity index (χ0v) is 17.1. The first-order valence-electron chi connectivity index (χ1n) is 10.4. The van der Waals surface area contributed by atoms with E-state index in [2.05, 4.69) is 9.88 Å². The van der Waals surface area contributed by atoms with Gasteiger partial charge >= 0.3 is 0 Å². The number of nitrogens with zero attached hydrogens (tertiary/aromatic N) is 3. The lowest BCUT2D eigenvalue weighted by Crippen LogP contribution is -2.39. The van der Waals surface area contributed by atoms with Crippen molar-refractivity contribution in [3.05, 3.63) is 93.4 Å². The van der Waals surface area contributed by atoms with Gasteiger partial charge in [-0.25, -0.2) is 4.39 Å². The molecule has 0 bridgehead atoms. The van der Waals surface area contributed by atoms with Gasteiger partial charge in [0.2, 0.25) is 0 Å². The summed E-state index contributed by atoms with van der Waals surface area (Å²) in [5.74, 6) is -0.399. The predicted octanol–water partition coefficient (Wildman–Crippen LogP) is 4.02. The van der Waals surface area contributed by atoms with E-state index in [9.17, 15) is 14.3 Å². The minimum Gasteiger partial charge on any atom is -0.507 e. The molecule has 6 heteroatoms. The Morgan fingerprint density at radius 1 is 1.10 bits per heavy atom. The first-order valence-corrected chi connectivity index (χ1v) is 10.4. The van der Waals surface area contributed by atoms with Crippen molar-refractivity contribution in [2.45, 2.75) is 38.8 Å². The highest BCUT2D eigenvalue weighted by Gasteiger charge is 2.30. The summed E-state index contributed by atoms with van der Waals surface area (Å²) in [4.78, 5) is 20.1. The molecule has 1 aromatic carbocycles. The Labute approximate surface area is 175 Å². The first kappa shape index (κ1) is 20.3. The van der Waals surface area contributed by atoms with Crippen LogP contribution in [-0.4, -0.2) is 32.6 Å². The molecule has 1 aliphatic heterocycles. The monoisotopic (exact) mass is 407 g/mol. The summed E-state index contributed by atoms with van der Waals surface area (Å²) in [5, 5.41) is 10.8. The van der Waals surface area contributed by atoms with Crippen LogP contribution in [0.4, 0.5) is 4.39 Å². The molecule has 3 aromatic rings. The Morgan fingerprint density at radius 2 is 1.90 bits per heavy atom. The summed E-state index contributed by atoms with van der Waals surface area (Å²) in [5.41, 5.74) is 2.13. The molecular formula is C24H26FN3O2. The molecule has 0 radical (unpaired) electrons. The zero-order chi connectivity index (χ0) is 21.1. The second-order valence-corrected chi connectivity index (χ2v) is 7.85. The average Bonchev–Trinajstić information content (AvgIpc) is 2.75. The van der Waals surface area contributed by atoms with Gasteiger partial charge < -0.3 is 9.67 Å². The predicted molar refractivity (Wildman–Crippen MR) is 114 cm³/mol. The topological polar surface area (TPSA) is 58.4 Å². The third-order valence-corrected chi connectivity index (χ3v) is 5.76. The van der Waals surface area contributed by atoms with E-state index in [1.54, 1.807) is 29.8 Å². The first-order chi connectivity index (χ1) is 14.5. The summed E-state index contributed by atoms with van der Waals surface area (Å²) in [6.07, 6.45) is 4.86. The van der Waals surface area contributed by atoms with Crippen molar-refractivity contribution in [2.75, 3.05) is 13.1 Å². The van der Waals surface area contributed by atoms with Crippen molar-refractivity contribution in [3.63, 3.8) is 0 Å². The van der Waals surface area contributed by atoms with Gasteiger partial charge in [0.1, 0.15) is 11.6 Å². The minimum atomic E-state index is -0.496. The normalized spacial score (nSPS) is 15.8. The quantitative estimate of drug-likeness (QED) is 0.694. The number of pyridine rings is 2. The Hall–Kier alpha value is -2.99. The van der Waals surface area contributed by atoms with Crippen molar-refractivity contribution in [3.8, 4) is 5.75 Å². The van der Waals surface area contributed by atoms with Crippen LogP contribution in [0.15, 0.2) is 59.5 Å². The second kappa shape index (κ2) is 8.79. The largest absolute Gasteiger partial charge is 0.507 e. The number of hydrogen-bond acceptors (Lipinski definition) is 4. The van der Waals surface area contributed by atoms with Crippen molar-refractivity contribution >= 4 is 0 Å². The van der Waals surface area contributed by atoms with E-state index in [-0.39, 0.29) is 17.1 Å². The van der Waals surface area contributed by atoms with Crippen LogP contribution in [0.3, 0.4) is 0 Å². The van der Waals surface area contributed by atoms with Crippen LogP contribution in [0.2, 0.25) is 0 Å². The fourth-order valence-electron chi connectivity index (χ4n) is 4.29. The minimum absolute atomic E-state index is 0.0467. The molecule has 0 spiro atoms. The molecule has 1 fully saturated rings. The lowest BCUT2D eigenvalue weighted by molar-refractivity contribution is 0.183. The molecule has 2 aromatic heterocycles. The highest BCUT2D eigenvalue weighted by molar-refractivity contribution is 5.41. The number of aryl methyl sites for hydroxylation is 1. The Kier molecular flexibility index (Phi) is 5.95. The number of aromatic hydroxyl groups is 1. The number of benzene rings is 1. The van der Waals surface area contributed by atoms with E-state index in [4.69, 9.17) is 0 Å². The van der Waals surface area contributed by atoms with Crippen molar-refractivity contribution in [1.29, 1.82) is 0 Å². The maximum absolute atomic E-state index is 14.1. The Bertz CT molecular complexity index is 1080. The number of halogens is 1. The lowest BCUT2D eigenvalue weighted by atomic mass is 9.94. The third-order valence-electron chi connectivity index (χ3n) is 5.76. The van der Waals surface area contributed by atoms with Gasteiger partial charge in [-0.3, -0.25) is 14.7 Å². The van der Waals surface area contributed by atoms with E-state index < -0.39 is 6.04 Å². The maximum atomic E-state index is 14.1. The number of hydrogen-bond donors (Lipinski definition) is 1. The molecule has 30 heavy (non-hydrogen) atoms. The summed E-state index contributed by atoms with van der Waals surface area (Å²) in [7, 11) is 0. The van der Waals surface area contributed by atoms with Gasteiger partial charge in [0, 0.05) is 11.9 Å². The Morgan fingerprint density at radius 3 is 2.60 bits per heavy atom. The molecule has 0 amide bonds. The van der Waals surface area contributed by atoms with E-state index >= 15 is 0 Å². The van der Waals surface area contributed by atoms with Crippen molar-refractivity contribution in [1.82, 2.24) is 14.5 Å². The third kappa shape index (κ3) is 4.14. The van der Waals surface area contributed by atoms with Crippen LogP contribution in [0.5, 0.6) is 5.75 Å². The molecule has 0 saturated carbocycles. The molecular weight excluding hydrogens is 381 g/mol. The van der Waals surface area contributed by atoms with Crippen LogP contribution in [0, 0.1) is 12.7 Å². The summed E-state index contributed by atoms with van der Waals surface area (Å²) >= 11 is 0.